The van der Waals surface area contributed by atoms with Crippen molar-refractivity contribution in [2.45, 2.75) is 25.9 Å². The fourth-order valence-electron chi connectivity index (χ4n) is 3.46. The van der Waals surface area contributed by atoms with Crippen molar-refractivity contribution >= 4 is 40.6 Å². The second kappa shape index (κ2) is 7.07. The molecule has 0 saturated heterocycles. The smallest absolute Gasteiger partial charge is 0.257 e. The zero-order valence-corrected chi connectivity index (χ0v) is 16.2. The summed E-state index contributed by atoms with van der Waals surface area (Å²) in [7, 11) is 0. The van der Waals surface area contributed by atoms with Crippen LogP contribution in [-0.4, -0.2) is 10.4 Å². The third-order valence-electron chi connectivity index (χ3n) is 4.70. The van der Waals surface area contributed by atoms with Gasteiger partial charge in [-0.15, -0.1) is 0 Å². The molecule has 0 saturated carbocycles. The molecule has 2 aromatic carbocycles. The monoisotopic (exact) mass is 405 g/mol. The van der Waals surface area contributed by atoms with Gasteiger partial charge >= 0.3 is 0 Å². The summed E-state index contributed by atoms with van der Waals surface area (Å²) in [6.45, 7) is 1.19. The van der Waals surface area contributed by atoms with E-state index in [9.17, 15) is 4.79 Å². The predicted octanol–water partition coefficient (Wildman–Crippen LogP) is 5.23. The Morgan fingerprint density at radius 1 is 1.04 bits per heavy atom. The van der Waals surface area contributed by atoms with Crippen LogP contribution in [0.2, 0.25) is 15.1 Å². The molecule has 26 heavy (non-hydrogen) atoms. The lowest BCUT2D eigenvalue weighted by Gasteiger charge is -2.02. The van der Waals surface area contributed by atoms with Gasteiger partial charge < -0.3 is 0 Å². The minimum Gasteiger partial charge on any atom is -0.290 e. The van der Waals surface area contributed by atoms with Crippen LogP contribution >= 0.6 is 34.8 Å². The van der Waals surface area contributed by atoms with E-state index in [0.717, 1.165) is 36.5 Å². The predicted molar refractivity (Wildman–Crippen MR) is 104 cm³/mol. The molecular weight excluding hydrogens is 391 g/mol. The van der Waals surface area contributed by atoms with Crippen LogP contribution in [0.15, 0.2) is 48.7 Å². The highest BCUT2D eigenvalue weighted by atomic mass is 35.5. The number of nitrogens with zero attached hydrogens (tertiary/aromatic N) is 2. The number of aromatic nitrogens is 2. The van der Waals surface area contributed by atoms with E-state index in [2.05, 4.69) is 4.57 Å². The summed E-state index contributed by atoms with van der Waals surface area (Å²) in [5.41, 5.74) is 2.59. The van der Waals surface area contributed by atoms with Gasteiger partial charge in [-0.3, -0.25) is 4.79 Å². The average Bonchev–Trinajstić information content (AvgIpc) is 3.22. The molecule has 4 rings (SSSR count). The van der Waals surface area contributed by atoms with Crippen molar-refractivity contribution in [3.63, 3.8) is 0 Å². The summed E-state index contributed by atoms with van der Waals surface area (Å²) in [6, 6.07) is 12.8. The van der Waals surface area contributed by atoms with E-state index in [1.54, 1.807) is 18.2 Å². The van der Waals surface area contributed by atoms with Gasteiger partial charge in [-0.2, -0.15) is 0 Å². The van der Waals surface area contributed by atoms with Crippen molar-refractivity contribution in [1.82, 2.24) is 4.57 Å². The van der Waals surface area contributed by atoms with Gasteiger partial charge in [0.2, 0.25) is 5.78 Å². The van der Waals surface area contributed by atoms with E-state index < -0.39 is 0 Å². The summed E-state index contributed by atoms with van der Waals surface area (Å²) >= 11 is 18.4. The van der Waals surface area contributed by atoms with Crippen LogP contribution < -0.4 is 4.57 Å². The molecule has 0 atom stereocenters. The van der Waals surface area contributed by atoms with Crippen molar-refractivity contribution in [3.8, 4) is 11.3 Å². The number of rotatable bonds is 4. The van der Waals surface area contributed by atoms with Gasteiger partial charge in [0.1, 0.15) is 6.20 Å². The number of carbonyl (C=O) groups excluding carboxylic acids is 1. The van der Waals surface area contributed by atoms with Crippen molar-refractivity contribution < 1.29 is 9.36 Å². The molecule has 132 valence electrons. The van der Waals surface area contributed by atoms with Gasteiger partial charge in [0.25, 0.3) is 5.82 Å². The summed E-state index contributed by atoms with van der Waals surface area (Å²) < 4.78 is 4.27. The molecule has 1 aliphatic rings. The largest absolute Gasteiger partial charge is 0.290 e. The number of imidazole rings is 1. The molecule has 3 nitrogen and oxygen atoms in total. The number of hydrogen-bond donors (Lipinski definition) is 0. The summed E-state index contributed by atoms with van der Waals surface area (Å²) in [4.78, 5) is 12.7. The summed E-state index contributed by atoms with van der Waals surface area (Å²) in [5, 5.41) is 1.54. The maximum atomic E-state index is 12.7. The molecule has 1 aliphatic heterocycles. The standard InChI is InChI=1S/C20H16Cl3N2O/c21-15-5-2-1-4-14(15)19(26)12-24-11-18(25-9-3-6-20(24)25)13-7-8-16(22)17(23)10-13/h1-2,4-5,7-8,10-11H,3,6,9,12H2/q+1. The highest BCUT2D eigenvalue weighted by Crippen LogP contribution is 2.30. The van der Waals surface area contributed by atoms with Gasteiger partial charge in [-0.1, -0.05) is 46.9 Å². The SMILES string of the molecule is O=C(C[n+]1cc(-c2ccc(Cl)c(Cl)c2)n2c1CCC2)c1ccccc1Cl. The van der Waals surface area contributed by atoms with E-state index in [4.69, 9.17) is 34.8 Å². The Hall–Kier alpha value is -1.81. The molecule has 0 bridgehead atoms. The minimum atomic E-state index is 0.00147. The molecule has 0 unspecified atom stereocenters. The molecule has 0 radical (unpaired) electrons. The Bertz CT molecular complexity index is 1010. The zero-order chi connectivity index (χ0) is 18.3. The van der Waals surface area contributed by atoms with E-state index in [1.807, 2.05) is 35.0 Å². The maximum Gasteiger partial charge on any atom is 0.257 e. The van der Waals surface area contributed by atoms with Crippen LogP contribution in [-0.2, 0) is 19.5 Å². The minimum absolute atomic E-state index is 0.00147. The number of carbonyl (C=O) groups is 1. The molecule has 3 aromatic rings. The van der Waals surface area contributed by atoms with E-state index >= 15 is 0 Å². The van der Waals surface area contributed by atoms with Crippen LogP contribution in [0.25, 0.3) is 11.3 Å². The first-order valence-corrected chi connectivity index (χ1v) is 9.53. The number of Topliss-reactive ketones (excluding diaryl/α,β-unsaturated/α-hetero) is 1. The second-order valence-corrected chi connectivity index (χ2v) is 7.57. The van der Waals surface area contributed by atoms with Crippen LogP contribution in [0.4, 0.5) is 0 Å². The summed E-state index contributed by atoms with van der Waals surface area (Å²) in [5.74, 6) is 1.15. The quantitative estimate of drug-likeness (QED) is 0.430. The molecule has 6 heteroatoms. The van der Waals surface area contributed by atoms with Crippen molar-refractivity contribution in [1.29, 1.82) is 0 Å². The van der Waals surface area contributed by atoms with Gasteiger partial charge in [-0.05, 0) is 36.8 Å². The van der Waals surface area contributed by atoms with Crippen molar-refractivity contribution in [2.75, 3.05) is 0 Å². The number of ketones is 1. The molecule has 2 heterocycles. The Kier molecular flexibility index (Phi) is 4.78. The second-order valence-electron chi connectivity index (χ2n) is 6.35. The highest BCUT2D eigenvalue weighted by Gasteiger charge is 2.30. The molecule has 0 aliphatic carbocycles. The molecule has 0 spiro atoms. The van der Waals surface area contributed by atoms with E-state index in [-0.39, 0.29) is 12.3 Å². The first-order chi connectivity index (χ1) is 12.5. The molecule has 0 amide bonds. The lowest BCUT2D eigenvalue weighted by atomic mass is 10.1. The normalized spacial score (nSPS) is 13.0. The van der Waals surface area contributed by atoms with Gasteiger partial charge in [0, 0.05) is 11.1 Å². The number of hydrogen-bond acceptors (Lipinski definition) is 1. The van der Waals surface area contributed by atoms with Gasteiger partial charge in [-0.25, -0.2) is 9.13 Å². The number of fused-ring (bicyclic) bond motifs is 1. The molecular formula is C20H16Cl3N2O+. The molecule has 0 fully saturated rings. The molecule has 1 aromatic heterocycles. The third-order valence-corrected chi connectivity index (χ3v) is 5.77. The van der Waals surface area contributed by atoms with Crippen LogP contribution in [0.5, 0.6) is 0 Å². The number of benzene rings is 2. The topological polar surface area (TPSA) is 25.9 Å². The Labute approximate surface area is 166 Å². The Morgan fingerprint density at radius 3 is 2.62 bits per heavy atom. The zero-order valence-electron chi connectivity index (χ0n) is 13.9. The first-order valence-electron chi connectivity index (χ1n) is 8.39. The van der Waals surface area contributed by atoms with Crippen LogP contribution in [0.3, 0.4) is 0 Å². The first kappa shape index (κ1) is 17.6. The van der Waals surface area contributed by atoms with Crippen LogP contribution in [0.1, 0.15) is 22.6 Å². The molecule has 0 N–H and O–H groups in total. The van der Waals surface area contributed by atoms with Gasteiger partial charge in [0.05, 0.1) is 28.0 Å². The average molecular weight is 407 g/mol. The summed E-state index contributed by atoms with van der Waals surface area (Å²) in [6.07, 6.45) is 4.02. The fraction of sp³-hybridized carbons (Fsp3) is 0.200. The van der Waals surface area contributed by atoms with Crippen molar-refractivity contribution in [3.05, 3.63) is 75.1 Å². The van der Waals surface area contributed by atoms with Gasteiger partial charge in [0.15, 0.2) is 12.2 Å². The fourth-order valence-corrected chi connectivity index (χ4v) is 4.00. The maximum absolute atomic E-state index is 12.7. The van der Waals surface area contributed by atoms with E-state index in [1.165, 1.54) is 0 Å². The highest BCUT2D eigenvalue weighted by molar-refractivity contribution is 6.42. The Morgan fingerprint density at radius 2 is 1.85 bits per heavy atom. The Balaban J connectivity index is 1.71. The van der Waals surface area contributed by atoms with E-state index in [0.29, 0.717) is 20.6 Å². The third kappa shape index (κ3) is 3.16. The number of halogens is 3. The van der Waals surface area contributed by atoms with Crippen LogP contribution in [0, 0.1) is 0 Å². The lowest BCUT2D eigenvalue weighted by molar-refractivity contribution is -0.689. The van der Waals surface area contributed by atoms with Crippen molar-refractivity contribution in [2.24, 2.45) is 0 Å². The lowest BCUT2D eigenvalue weighted by Crippen LogP contribution is -2.40.